The minimum atomic E-state index is -5.84. The van der Waals surface area contributed by atoms with Crippen molar-refractivity contribution >= 4 is 28.4 Å². The van der Waals surface area contributed by atoms with Crippen LogP contribution in [0.1, 0.15) is 34.3 Å². The average Bonchev–Trinajstić information content (AvgIpc) is 3.64. The van der Waals surface area contributed by atoms with Gasteiger partial charge in [-0.05, 0) is 61.3 Å². The largest absolute Gasteiger partial charge is 0.430 e. The quantitative estimate of drug-likeness (QED) is 0.180. The Labute approximate surface area is 235 Å². The number of hydrogen-bond acceptors (Lipinski definition) is 6. The molecule has 222 valence electrons. The van der Waals surface area contributed by atoms with Gasteiger partial charge in [-0.1, -0.05) is 12.1 Å². The third-order valence-corrected chi connectivity index (χ3v) is 7.04. The lowest BCUT2D eigenvalue weighted by molar-refractivity contribution is -0.390. The van der Waals surface area contributed by atoms with Gasteiger partial charge in [-0.2, -0.15) is 26.3 Å². The summed E-state index contributed by atoms with van der Waals surface area (Å²) in [4.78, 5) is 24.6. The molecule has 4 aromatic rings. The van der Waals surface area contributed by atoms with Gasteiger partial charge in [0.25, 0.3) is 11.5 Å². The van der Waals surface area contributed by atoms with E-state index in [9.17, 15) is 31.1 Å². The first-order valence-electron chi connectivity index (χ1n) is 13.0. The van der Waals surface area contributed by atoms with Crippen molar-refractivity contribution < 1.29 is 35.9 Å². The van der Waals surface area contributed by atoms with Crippen LogP contribution >= 0.6 is 0 Å². The third-order valence-electron chi connectivity index (χ3n) is 7.04. The molecule has 3 aromatic heterocycles. The fourth-order valence-corrected chi connectivity index (χ4v) is 4.95. The average molecular weight is 593 g/mol. The minimum absolute atomic E-state index is 0.0312. The predicted molar refractivity (Wildman–Crippen MR) is 143 cm³/mol. The van der Waals surface area contributed by atoms with Crippen molar-refractivity contribution in [3.05, 3.63) is 83.8 Å². The van der Waals surface area contributed by atoms with Gasteiger partial charge in [0.15, 0.2) is 0 Å². The van der Waals surface area contributed by atoms with Crippen molar-refractivity contribution in [2.75, 3.05) is 23.8 Å². The maximum Gasteiger partial charge on any atom is 0.430 e. The number of halogens is 6. The molecule has 1 aliphatic heterocycles. The molecule has 1 atom stereocenters. The lowest BCUT2D eigenvalue weighted by Crippen LogP contribution is -2.57. The molecule has 4 heterocycles. The molecule has 4 N–H and O–H groups in total. The summed E-state index contributed by atoms with van der Waals surface area (Å²) < 4.78 is 90.4. The Kier molecular flexibility index (Phi) is 8.10. The number of benzene rings is 1. The van der Waals surface area contributed by atoms with E-state index in [1.165, 1.54) is 24.4 Å². The van der Waals surface area contributed by atoms with E-state index in [2.05, 4.69) is 30.9 Å². The van der Waals surface area contributed by atoms with Crippen LogP contribution in [-0.4, -0.2) is 52.4 Å². The maximum atomic E-state index is 14.3. The van der Waals surface area contributed by atoms with Crippen LogP contribution in [0.2, 0.25) is 0 Å². The van der Waals surface area contributed by atoms with Crippen LogP contribution in [0.3, 0.4) is 0 Å². The highest BCUT2D eigenvalue weighted by molar-refractivity contribution is 6.07. The van der Waals surface area contributed by atoms with Crippen LogP contribution in [0.5, 0.6) is 0 Å². The molecular weight excluding hydrogens is 566 g/mol. The molecule has 0 radical (unpaired) electrons. The fourth-order valence-electron chi connectivity index (χ4n) is 4.95. The lowest BCUT2D eigenvalue weighted by atomic mass is 9.91. The molecule has 8 nitrogen and oxygen atoms in total. The standard InChI is InChI=1S/C28H26F6N6O2/c29-27(30,31)26(28(32,33)34,42-16-20-6-2-10-35-20)18-4-1-5-19(14-18)40-25(41)22-7-3-11-36-24(22)39-15-17-8-12-37-23-21(17)9-13-38-23/h1,3-5,7-9,11-14,20,35H,2,6,10,15-16H2,(H,36,39)(H,37,38)(H,40,41). The maximum absolute atomic E-state index is 14.3. The van der Waals surface area contributed by atoms with Crippen molar-refractivity contribution in [1.82, 2.24) is 20.3 Å². The summed E-state index contributed by atoms with van der Waals surface area (Å²) >= 11 is 0. The number of carbonyl (C=O) groups is 1. The van der Waals surface area contributed by atoms with Gasteiger partial charge in [-0.3, -0.25) is 4.79 Å². The normalized spacial score (nSPS) is 16.1. The Bertz CT molecular complexity index is 1530. The van der Waals surface area contributed by atoms with Crippen molar-refractivity contribution in [1.29, 1.82) is 0 Å². The van der Waals surface area contributed by atoms with Crippen molar-refractivity contribution in [3.63, 3.8) is 0 Å². The number of carbonyl (C=O) groups excluding carboxylic acids is 1. The summed E-state index contributed by atoms with van der Waals surface area (Å²) in [6.45, 7) is -0.0613. The van der Waals surface area contributed by atoms with Gasteiger partial charge in [-0.15, -0.1) is 0 Å². The number of alkyl halides is 6. The van der Waals surface area contributed by atoms with Crippen LogP contribution in [0.4, 0.5) is 37.8 Å². The second-order valence-electron chi connectivity index (χ2n) is 9.78. The zero-order valence-corrected chi connectivity index (χ0v) is 21.9. The highest BCUT2D eigenvalue weighted by atomic mass is 19.4. The summed E-state index contributed by atoms with van der Waals surface area (Å²) in [7, 11) is 0. The summed E-state index contributed by atoms with van der Waals surface area (Å²) in [5, 5.41) is 9.15. The number of hydrogen-bond donors (Lipinski definition) is 4. The monoisotopic (exact) mass is 592 g/mol. The number of fused-ring (bicyclic) bond motifs is 1. The highest BCUT2D eigenvalue weighted by Gasteiger charge is 2.73. The molecule has 1 fully saturated rings. The number of anilines is 2. The van der Waals surface area contributed by atoms with Crippen LogP contribution in [0.25, 0.3) is 11.0 Å². The van der Waals surface area contributed by atoms with Gasteiger partial charge >= 0.3 is 12.4 Å². The molecule has 0 spiro atoms. The zero-order chi connectivity index (χ0) is 30.0. The van der Waals surface area contributed by atoms with E-state index in [0.717, 1.165) is 17.0 Å². The van der Waals surface area contributed by atoms with Crippen LogP contribution in [0, 0.1) is 0 Å². The van der Waals surface area contributed by atoms with E-state index in [0.29, 0.717) is 37.2 Å². The molecule has 42 heavy (non-hydrogen) atoms. The number of rotatable bonds is 9. The smallest absolute Gasteiger partial charge is 0.365 e. The molecule has 14 heteroatoms. The third kappa shape index (κ3) is 5.77. The Balaban J connectivity index is 1.39. The van der Waals surface area contributed by atoms with Gasteiger partial charge in [0.2, 0.25) is 0 Å². The van der Waals surface area contributed by atoms with Gasteiger partial charge in [0.05, 0.1) is 12.2 Å². The SMILES string of the molecule is O=C(Nc1cccc(C(OCC2CCCN2)(C(F)(F)F)C(F)(F)F)c1)c1cccnc1NCc1ccnc2[nH]ccc12. The number of nitrogens with zero attached hydrogens (tertiary/aromatic N) is 2. The van der Waals surface area contributed by atoms with E-state index in [1.807, 2.05) is 6.07 Å². The Morgan fingerprint density at radius 3 is 2.55 bits per heavy atom. The first-order chi connectivity index (χ1) is 20.0. The number of amides is 1. The molecule has 0 aliphatic carbocycles. The lowest BCUT2D eigenvalue weighted by Gasteiger charge is -2.38. The topological polar surface area (TPSA) is 104 Å². The number of H-pyrrole nitrogens is 1. The summed E-state index contributed by atoms with van der Waals surface area (Å²) in [5.74, 6) is -0.621. The number of ether oxygens (including phenoxy) is 1. The molecule has 1 unspecified atom stereocenters. The molecule has 1 saturated heterocycles. The number of aromatic nitrogens is 3. The Morgan fingerprint density at radius 2 is 1.81 bits per heavy atom. The van der Waals surface area contributed by atoms with Gasteiger partial charge in [-0.25, -0.2) is 9.97 Å². The Morgan fingerprint density at radius 1 is 1.00 bits per heavy atom. The molecule has 0 saturated carbocycles. The second kappa shape index (κ2) is 11.6. The van der Waals surface area contributed by atoms with Gasteiger partial charge in [0.1, 0.15) is 11.5 Å². The van der Waals surface area contributed by atoms with E-state index in [4.69, 9.17) is 4.74 Å². The molecule has 1 aliphatic rings. The second-order valence-corrected chi connectivity index (χ2v) is 9.78. The number of pyridine rings is 2. The summed E-state index contributed by atoms with van der Waals surface area (Å²) in [6.07, 6.45) is -5.89. The van der Waals surface area contributed by atoms with Gasteiger partial charge < -0.3 is 25.7 Å². The van der Waals surface area contributed by atoms with Crippen LogP contribution in [0.15, 0.2) is 67.1 Å². The van der Waals surface area contributed by atoms with Crippen LogP contribution < -0.4 is 16.0 Å². The molecule has 1 aromatic carbocycles. The van der Waals surface area contributed by atoms with E-state index in [1.54, 1.807) is 18.5 Å². The van der Waals surface area contributed by atoms with Crippen molar-refractivity contribution in [3.8, 4) is 0 Å². The van der Waals surface area contributed by atoms with E-state index >= 15 is 0 Å². The summed E-state index contributed by atoms with van der Waals surface area (Å²) in [5.41, 5.74) is -4.52. The minimum Gasteiger partial charge on any atom is -0.365 e. The molecule has 0 bridgehead atoms. The number of nitrogens with one attached hydrogen (secondary N) is 4. The fraction of sp³-hybridized carbons (Fsp3) is 0.321. The molecule has 5 rings (SSSR count). The first kappa shape index (κ1) is 29.3. The highest BCUT2D eigenvalue weighted by Crippen LogP contribution is 2.53. The molecular formula is C28H26F6N6O2. The van der Waals surface area contributed by atoms with Crippen molar-refractivity contribution in [2.24, 2.45) is 0 Å². The predicted octanol–water partition coefficient (Wildman–Crippen LogP) is 5.91. The van der Waals surface area contributed by atoms with Crippen LogP contribution in [-0.2, 0) is 16.9 Å². The van der Waals surface area contributed by atoms with Gasteiger partial charge in [0, 0.05) is 47.8 Å². The summed E-state index contributed by atoms with van der Waals surface area (Å²) in [6, 6.07) is 9.41. The number of aromatic amines is 1. The van der Waals surface area contributed by atoms with E-state index < -0.39 is 42.1 Å². The van der Waals surface area contributed by atoms with E-state index in [-0.39, 0.29) is 23.6 Å². The molecule has 1 amide bonds. The zero-order valence-electron chi connectivity index (χ0n) is 21.9. The first-order valence-corrected chi connectivity index (χ1v) is 13.0. The van der Waals surface area contributed by atoms with Crippen molar-refractivity contribution in [2.45, 2.75) is 43.4 Å². The Hall–Kier alpha value is -4.17.